The van der Waals surface area contributed by atoms with E-state index in [9.17, 15) is 18.4 Å². The normalized spacial score (nSPS) is 10.1. The number of halogens is 4. The minimum atomic E-state index is -1.09. The van der Waals surface area contributed by atoms with E-state index in [2.05, 4.69) is 36.6 Å². The molecule has 37 heavy (non-hydrogen) atoms. The summed E-state index contributed by atoms with van der Waals surface area (Å²) in [5.41, 5.74) is 0.329. The Morgan fingerprint density at radius 2 is 1.08 bits per heavy atom. The van der Waals surface area contributed by atoms with Gasteiger partial charge in [0.05, 0.1) is 7.11 Å². The van der Waals surface area contributed by atoms with Gasteiger partial charge in [0.1, 0.15) is 45.8 Å². The fourth-order valence-corrected chi connectivity index (χ4v) is 3.60. The van der Waals surface area contributed by atoms with Crippen molar-refractivity contribution in [3.05, 3.63) is 117 Å². The second-order valence-electron chi connectivity index (χ2n) is 7.19. The number of carbonyl (C=O) groups excluding carboxylic acids is 1. The van der Waals surface area contributed by atoms with Crippen molar-refractivity contribution in [2.45, 2.75) is 0 Å². The Labute approximate surface area is 227 Å². The van der Waals surface area contributed by atoms with E-state index in [1.165, 1.54) is 67.8 Å². The van der Waals surface area contributed by atoms with E-state index in [-0.39, 0.29) is 22.9 Å². The minimum absolute atomic E-state index is 0.0358. The largest absolute Gasteiger partial charge is 0.478 e. The molecule has 0 fully saturated rings. The molecule has 4 rings (SSSR count). The fourth-order valence-electron chi connectivity index (χ4n) is 2.88. The lowest BCUT2D eigenvalue weighted by atomic mass is 10.2. The molecule has 10 heteroatoms. The van der Waals surface area contributed by atoms with Crippen molar-refractivity contribution >= 4 is 43.8 Å². The van der Waals surface area contributed by atoms with Crippen LogP contribution in [0.4, 0.5) is 8.78 Å². The lowest BCUT2D eigenvalue weighted by Gasteiger charge is -2.10. The fraction of sp³-hybridized carbons (Fsp3) is 0.0370. The summed E-state index contributed by atoms with van der Waals surface area (Å²) in [7, 11) is 1.30. The molecule has 190 valence electrons. The molecule has 0 unspecified atom stereocenters. The smallest absolute Gasteiger partial charge is 0.341 e. The number of rotatable bonds is 6. The molecule has 4 aromatic carbocycles. The topological polar surface area (TPSA) is 82.1 Å². The Morgan fingerprint density at radius 1 is 0.676 bits per heavy atom. The molecule has 0 saturated heterocycles. The zero-order valence-electron chi connectivity index (χ0n) is 19.1. The van der Waals surface area contributed by atoms with Gasteiger partial charge in [0.2, 0.25) is 0 Å². The number of carboxylic acids is 1. The number of ether oxygens (including phenoxy) is 3. The van der Waals surface area contributed by atoms with E-state index < -0.39 is 11.9 Å². The van der Waals surface area contributed by atoms with Crippen LogP contribution in [-0.4, -0.2) is 24.2 Å². The third-order valence-electron chi connectivity index (χ3n) is 4.60. The lowest BCUT2D eigenvalue weighted by molar-refractivity contribution is 0.0596. The van der Waals surface area contributed by atoms with Crippen LogP contribution in [0.15, 0.2) is 93.9 Å². The number of carbonyl (C=O) groups is 2. The number of hydrogen-bond acceptors (Lipinski definition) is 5. The number of benzene rings is 4. The average Bonchev–Trinajstić information content (AvgIpc) is 2.88. The first-order valence-electron chi connectivity index (χ1n) is 10.4. The first-order valence-corrected chi connectivity index (χ1v) is 12.0. The standard InChI is InChI=1S/C14H10BrFO3.C13H8BrFO3/c1-18-14(17)12-8-9(15)2-7-13(12)19-11-5-3-10(16)4-6-11;14-8-1-6-12(11(7-8)13(16)17)18-10-4-2-9(15)3-5-10/h2-8H,1H3;1-7H,(H,16,17). The summed E-state index contributed by atoms with van der Waals surface area (Å²) in [4.78, 5) is 22.7. The molecule has 0 spiro atoms. The van der Waals surface area contributed by atoms with Crippen LogP contribution >= 0.6 is 31.9 Å². The predicted octanol–water partition coefficient (Wildman–Crippen LogP) is 8.25. The van der Waals surface area contributed by atoms with Crippen molar-refractivity contribution in [1.82, 2.24) is 0 Å². The highest BCUT2D eigenvalue weighted by atomic mass is 79.9. The molecule has 0 aliphatic carbocycles. The average molecular weight is 636 g/mol. The van der Waals surface area contributed by atoms with Crippen molar-refractivity contribution in [1.29, 1.82) is 0 Å². The molecule has 0 aliphatic heterocycles. The van der Waals surface area contributed by atoms with Crippen LogP contribution in [0.3, 0.4) is 0 Å². The van der Waals surface area contributed by atoms with Gasteiger partial charge in [-0.1, -0.05) is 31.9 Å². The maximum absolute atomic E-state index is 12.8. The number of hydrogen-bond donors (Lipinski definition) is 1. The third kappa shape index (κ3) is 8.12. The van der Waals surface area contributed by atoms with Gasteiger partial charge in [-0.25, -0.2) is 18.4 Å². The van der Waals surface area contributed by atoms with E-state index in [0.29, 0.717) is 27.3 Å². The first kappa shape index (κ1) is 27.8. The van der Waals surface area contributed by atoms with Gasteiger partial charge in [0.25, 0.3) is 0 Å². The van der Waals surface area contributed by atoms with Gasteiger partial charge in [-0.15, -0.1) is 0 Å². The summed E-state index contributed by atoms with van der Waals surface area (Å²) in [6.45, 7) is 0. The van der Waals surface area contributed by atoms with E-state index in [1.54, 1.807) is 24.3 Å². The van der Waals surface area contributed by atoms with Gasteiger partial charge in [-0.2, -0.15) is 0 Å². The predicted molar refractivity (Wildman–Crippen MR) is 140 cm³/mol. The Hall–Kier alpha value is -3.76. The molecule has 1 N–H and O–H groups in total. The summed E-state index contributed by atoms with van der Waals surface area (Å²) in [5.74, 6) is -0.950. The Morgan fingerprint density at radius 3 is 1.49 bits per heavy atom. The van der Waals surface area contributed by atoms with Crippen LogP contribution in [0.1, 0.15) is 20.7 Å². The van der Waals surface area contributed by atoms with Gasteiger partial charge in [-0.3, -0.25) is 0 Å². The van der Waals surface area contributed by atoms with Gasteiger partial charge in [0.15, 0.2) is 0 Å². The maximum atomic E-state index is 12.8. The summed E-state index contributed by atoms with van der Waals surface area (Å²) >= 11 is 6.47. The third-order valence-corrected chi connectivity index (χ3v) is 5.59. The second-order valence-corrected chi connectivity index (χ2v) is 9.02. The quantitative estimate of drug-likeness (QED) is 0.215. The molecular formula is C27H18Br2F2O6. The summed E-state index contributed by atoms with van der Waals surface area (Å²) < 4.78 is 42.6. The summed E-state index contributed by atoms with van der Waals surface area (Å²) in [5, 5.41) is 9.05. The van der Waals surface area contributed by atoms with Gasteiger partial charge >= 0.3 is 11.9 Å². The van der Waals surface area contributed by atoms with Crippen LogP contribution < -0.4 is 9.47 Å². The van der Waals surface area contributed by atoms with Crippen LogP contribution in [0, 0.1) is 11.6 Å². The lowest BCUT2D eigenvalue weighted by Crippen LogP contribution is -2.03. The molecule has 0 bridgehead atoms. The monoisotopic (exact) mass is 634 g/mol. The van der Waals surface area contributed by atoms with Crippen LogP contribution in [-0.2, 0) is 4.74 Å². The van der Waals surface area contributed by atoms with Crippen molar-refractivity contribution in [3.63, 3.8) is 0 Å². The molecule has 0 atom stereocenters. The molecule has 0 saturated carbocycles. The molecule has 0 aliphatic rings. The maximum Gasteiger partial charge on any atom is 0.341 e. The van der Waals surface area contributed by atoms with Crippen LogP contribution in [0.25, 0.3) is 0 Å². The highest BCUT2D eigenvalue weighted by Crippen LogP contribution is 2.29. The minimum Gasteiger partial charge on any atom is -0.478 e. The molecule has 0 radical (unpaired) electrons. The zero-order chi connectivity index (χ0) is 26.9. The Balaban J connectivity index is 0.000000206. The van der Waals surface area contributed by atoms with Gasteiger partial charge in [-0.05, 0) is 84.9 Å². The molecular weight excluding hydrogens is 618 g/mol. The van der Waals surface area contributed by atoms with Crippen LogP contribution in [0.2, 0.25) is 0 Å². The molecule has 0 aromatic heterocycles. The Kier molecular flexibility index (Phi) is 9.76. The number of carboxylic acid groups (broad SMARTS) is 1. The highest BCUT2D eigenvalue weighted by molar-refractivity contribution is 9.10. The SMILES string of the molecule is COC(=O)c1cc(Br)ccc1Oc1ccc(F)cc1.O=C(O)c1cc(Br)ccc1Oc1ccc(F)cc1. The van der Waals surface area contributed by atoms with E-state index in [4.69, 9.17) is 14.6 Å². The van der Waals surface area contributed by atoms with Gasteiger partial charge < -0.3 is 19.3 Å². The van der Waals surface area contributed by atoms with E-state index in [1.807, 2.05) is 0 Å². The molecule has 0 amide bonds. The number of aromatic carboxylic acids is 1. The number of esters is 1. The van der Waals surface area contributed by atoms with Crippen molar-refractivity contribution in [2.24, 2.45) is 0 Å². The van der Waals surface area contributed by atoms with Crippen molar-refractivity contribution in [3.8, 4) is 23.0 Å². The second kappa shape index (κ2) is 13.0. The van der Waals surface area contributed by atoms with Crippen molar-refractivity contribution in [2.75, 3.05) is 7.11 Å². The first-order chi connectivity index (χ1) is 17.7. The van der Waals surface area contributed by atoms with E-state index in [0.717, 1.165) is 4.47 Å². The molecule has 0 heterocycles. The summed E-state index contributed by atoms with van der Waals surface area (Å²) in [6.07, 6.45) is 0. The molecule has 6 nitrogen and oxygen atoms in total. The number of methoxy groups -OCH3 is 1. The van der Waals surface area contributed by atoms with Crippen LogP contribution in [0.5, 0.6) is 23.0 Å². The summed E-state index contributed by atoms with van der Waals surface area (Å²) in [6, 6.07) is 20.5. The zero-order valence-corrected chi connectivity index (χ0v) is 22.3. The van der Waals surface area contributed by atoms with Crippen molar-refractivity contribution < 1.29 is 37.7 Å². The van der Waals surface area contributed by atoms with E-state index >= 15 is 0 Å². The highest BCUT2D eigenvalue weighted by Gasteiger charge is 2.15. The van der Waals surface area contributed by atoms with Gasteiger partial charge in [0, 0.05) is 8.95 Å². The Bertz CT molecular complexity index is 1390. The molecule has 4 aromatic rings.